The largest absolute Gasteiger partial charge is 0.443 e. The first kappa shape index (κ1) is 26.9. The van der Waals surface area contributed by atoms with Crippen LogP contribution >= 0.6 is 0 Å². The second-order valence-electron chi connectivity index (χ2n) is 10.8. The smallest absolute Gasteiger partial charge is 0.414 e. The first-order chi connectivity index (χ1) is 19.2. The molecule has 1 aliphatic rings. The minimum atomic E-state index is -0.620. The number of carbonyl (C=O) groups excluding carboxylic acids is 2. The number of hydrogen-bond donors (Lipinski definition) is 0. The van der Waals surface area contributed by atoms with Crippen LogP contribution in [0.5, 0.6) is 0 Å². The molecule has 0 atom stereocenters. The molecule has 2 heterocycles. The maximum atomic E-state index is 13.5. The average Bonchev–Trinajstić information content (AvgIpc) is 3.28. The van der Waals surface area contributed by atoms with Crippen LogP contribution in [0.2, 0.25) is 0 Å². The number of aromatic nitrogens is 2. The maximum Gasteiger partial charge on any atom is 0.414 e. The predicted molar refractivity (Wildman–Crippen MR) is 157 cm³/mol. The number of fused-ring (bicyclic) bond motifs is 1. The van der Waals surface area contributed by atoms with Gasteiger partial charge in [-0.15, -0.1) is 0 Å². The van der Waals surface area contributed by atoms with Gasteiger partial charge in [0.25, 0.3) is 0 Å². The summed E-state index contributed by atoms with van der Waals surface area (Å²) in [5.74, 6) is 1.18. The molecule has 0 spiro atoms. The van der Waals surface area contributed by atoms with Gasteiger partial charge in [-0.05, 0) is 50.1 Å². The summed E-state index contributed by atoms with van der Waals surface area (Å²) in [4.78, 5) is 40.6. The van der Waals surface area contributed by atoms with Crippen molar-refractivity contribution in [3.63, 3.8) is 0 Å². The number of nitrogens with zero attached hydrogens (tertiary/aromatic N) is 5. The lowest BCUT2D eigenvalue weighted by atomic mass is 10.1. The Kier molecular flexibility index (Phi) is 7.51. The van der Waals surface area contributed by atoms with Crippen LogP contribution in [-0.2, 0) is 29.0 Å². The summed E-state index contributed by atoms with van der Waals surface area (Å²) >= 11 is 0. The lowest BCUT2D eigenvalue weighted by Gasteiger charge is -2.26. The van der Waals surface area contributed by atoms with Crippen LogP contribution in [-0.4, -0.2) is 34.6 Å². The van der Waals surface area contributed by atoms with Crippen molar-refractivity contribution in [3.05, 3.63) is 108 Å². The molecule has 1 aromatic heterocycles. The van der Waals surface area contributed by atoms with E-state index in [9.17, 15) is 9.59 Å². The number of rotatable bonds is 7. The number of hydrogen-bond acceptors (Lipinski definition) is 6. The van der Waals surface area contributed by atoms with Crippen LogP contribution in [0.15, 0.2) is 91.3 Å². The number of amides is 2. The maximum absolute atomic E-state index is 13.5. The van der Waals surface area contributed by atoms with Crippen LogP contribution < -0.4 is 14.7 Å². The number of anilines is 4. The van der Waals surface area contributed by atoms with Crippen LogP contribution in [0.4, 0.5) is 27.8 Å². The Balaban J connectivity index is 1.49. The molecular weight excluding hydrogens is 502 g/mol. The molecular formula is C32H33N5O3. The Labute approximate surface area is 234 Å². The third-order valence-corrected chi connectivity index (χ3v) is 6.56. The van der Waals surface area contributed by atoms with Gasteiger partial charge in [0.15, 0.2) is 0 Å². The average molecular weight is 536 g/mol. The van der Waals surface area contributed by atoms with Gasteiger partial charge in [0.1, 0.15) is 23.6 Å². The molecule has 0 N–H and O–H groups in total. The van der Waals surface area contributed by atoms with Gasteiger partial charge in [-0.2, -0.15) is 0 Å². The van der Waals surface area contributed by atoms with Crippen molar-refractivity contribution in [2.45, 2.75) is 45.9 Å². The van der Waals surface area contributed by atoms with Crippen LogP contribution in [0, 0.1) is 0 Å². The van der Waals surface area contributed by atoms with Gasteiger partial charge in [0.05, 0.1) is 12.1 Å². The van der Waals surface area contributed by atoms with E-state index in [2.05, 4.69) is 39.1 Å². The molecule has 40 heavy (non-hydrogen) atoms. The zero-order valence-corrected chi connectivity index (χ0v) is 23.2. The van der Waals surface area contributed by atoms with Crippen molar-refractivity contribution in [3.8, 4) is 0 Å². The summed E-state index contributed by atoms with van der Waals surface area (Å²) in [5.41, 5.74) is 3.68. The van der Waals surface area contributed by atoms with Gasteiger partial charge in [-0.3, -0.25) is 14.6 Å². The van der Waals surface area contributed by atoms with Crippen molar-refractivity contribution in [1.82, 2.24) is 9.97 Å². The molecule has 0 aliphatic carbocycles. The number of benzene rings is 3. The Morgan fingerprint density at radius 3 is 2.12 bits per heavy atom. The van der Waals surface area contributed by atoms with E-state index in [1.54, 1.807) is 18.0 Å². The van der Waals surface area contributed by atoms with Gasteiger partial charge in [0, 0.05) is 31.4 Å². The summed E-state index contributed by atoms with van der Waals surface area (Å²) in [6, 6.07) is 27.7. The highest BCUT2D eigenvalue weighted by Crippen LogP contribution is 2.39. The van der Waals surface area contributed by atoms with E-state index in [4.69, 9.17) is 4.74 Å². The van der Waals surface area contributed by atoms with Gasteiger partial charge in [-0.1, -0.05) is 66.7 Å². The quantitative estimate of drug-likeness (QED) is 0.277. The minimum Gasteiger partial charge on any atom is -0.443 e. The monoisotopic (exact) mass is 535 g/mol. The highest BCUT2D eigenvalue weighted by Gasteiger charge is 2.34. The van der Waals surface area contributed by atoms with Gasteiger partial charge >= 0.3 is 6.09 Å². The third kappa shape index (κ3) is 5.96. The summed E-state index contributed by atoms with van der Waals surface area (Å²) in [7, 11) is 1.65. The van der Waals surface area contributed by atoms with E-state index in [0.717, 1.165) is 22.5 Å². The Morgan fingerprint density at radius 1 is 0.900 bits per heavy atom. The summed E-state index contributed by atoms with van der Waals surface area (Å²) in [6.45, 7) is 6.73. The first-order valence-electron chi connectivity index (χ1n) is 13.3. The van der Waals surface area contributed by atoms with Crippen LogP contribution in [0.1, 0.15) is 37.5 Å². The van der Waals surface area contributed by atoms with Crippen molar-refractivity contribution in [1.29, 1.82) is 0 Å². The normalized spacial score (nSPS) is 12.7. The van der Waals surface area contributed by atoms with Crippen molar-refractivity contribution < 1.29 is 14.3 Å². The van der Waals surface area contributed by atoms with E-state index < -0.39 is 11.7 Å². The molecule has 8 heteroatoms. The molecule has 3 aromatic carbocycles. The third-order valence-electron chi connectivity index (χ3n) is 6.56. The Hall–Kier alpha value is -4.72. The minimum absolute atomic E-state index is 0.104. The molecule has 5 rings (SSSR count). The zero-order valence-electron chi connectivity index (χ0n) is 23.2. The molecule has 204 valence electrons. The highest BCUT2D eigenvalue weighted by molar-refractivity contribution is 6.08. The van der Waals surface area contributed by atoms with E-state index in [-0.39, 0.29) is 12.3 Å². The predicted octanol–water partition coefficient (Wildman–Crippen LogP) is 6.28. The molecule has 1 aliphatic heterocycles. The Morgan fingerprint density at radius 2 is 1.52 bits per heavy atom. The second kappa shape index (κ2) is 11.2. The lowest BCUT2D eigenvalue weighted by molar-refractivity contribution is -0.116. The van der Waals surface area contributed by atoms with E-state index in [0.29, 0.717) is 30.3 Å². The van der Waals surface area contributed by atoms with Gasteiger partial charge in [0.2, 0.25) is 5.91 Å². The lowest BCUT2D eigenvalue weighted by Crippen LogP contribution is -2.34. The van der Waals surface area contributed by atoms with Crippen LogP contribution in [0.25, 0.3) is 0 Å². The molecule has 2 amide bonds. The van der Waals surface area contributed by atoms with E-state index in [1.165, 1.54) is 11.2 Å². The standard InChI is InChI=1S/C32H33N5O3/c1-32(2,3)40-31(39)35(4)25-16-11-17-26(18-25)37-28(38)19-27-29(33-22-34-30(27)37)36(20-23-12-7-5-8-13-23)21-24-14-9-6-10-15-24/h5-18,22H,19-21H2,1-4H3. The topological polar surface area (TPSA) is 78.9 Å². The summed E-state index contributed by atoms with van der Waals surface area (Å²) in [6.07, 6.45) is 1.22. The SMILES string of the molecule is CN(C(=O)OC(C)(C)C)c1cccc(N2C(=O)Cc3c(N(Cc4ccccc4)Cc4ccccc4)ncnc32)c1. The first-order valence-corrected chi connectivity index (χ1v) is 13.3. The summed E-state index contributed by atoms with van der Waals surface area (Å²) in [5, 5.41) is 0. The van der Waals surface area contributed by atoms with Crippen LogP contribution in [0.3, 0.4) is 0 Å². The van der Waals surface area contributed by atoms with Crippen molar-refractivity contribution >= 4 is 35.0 Å². The van der Waals surface area contributed by atoms with Gasteiger partial charge < -0.3 is 9.64 Å². The molecule has 0 unspecified atom stereocenters. The molecule has 8 nitrogen and oxygen atoms in total. The van der Waals surface area contributed by atoms with E-state index >= 15 is 0 Å². The molecule has 0 fully saturated rings. The number of carbonyl (C=O) groups is 2. The fraction of sp³-hybridized carbons (Fsp3) is 0.250. The molecule has 0 bridgehead atoms. The summed E-state index contributed by atoms with van der Waals surface area (Å²) < 4.78 is 5.52. The molecule has 0 saturated heterocycles. The molecule has 0 saturated carbocycles. The molecule has 0 radical (unpaired) electrons. The number of ether oxygens (including phenoxy) is 1. The highest BCUT2D eigenvalue weighted by atomic mass is 16.6. The zero-order chi connectivity index (χ0) is 28.3. The van der Waals surface area contributed by atoms with Crippen molar-refractivity contribution in [2.75, 3.05) is 21.7 Å². The fourth-order valence-corrected chi connectivity index (χ4v) is 4.72. The van der Waals surface area contributed by atoms with Crippen molar-refractivity contribution in [2.24, 2.45) is 0 Å². The van der Waals surface area contributed by atoms with Gasteiger partial charge in [-0.25, -0.2) is 14.8 Å². The van der Waals surface area contributed by atoms with E-state index in [1.807, 2.05) is 75.4 Å². The molecule has 4 aromatic rings. The fourth-order valence-electron chi connectivity index (χ4n) is 4.72. The second-order valence-corrected chi connectivity index (χ2v) is 10.8. The Bertz CT molecular complexity index is 1460.